The van der Waals surface area contributed by atoms with E-state index < -0.39 is 5.97 Å². The Hall–Kier alpha value is -2.20. The Morgan fingerprint density at radius 3 is 2.67 bits per heavy atom. The normalized spacial score (nSPS) is 10.2. The first kappa shape index (κ1) is 15.2. The van der Waals surface area contributed by atoms with Gasteiger partial charge >= 0.3 is 5.97 Å². The van der Waals surface area contributed by atoms with Crippen molar-refractivity contribution in [3.63, 3.8) is 0 Å². The third-order valence-corrected chi connectivity index (χ3v) is 3.49. The summed E-state index contributed by atoms with van der Waals surface area (Å²) >= 11 is 5.99. The van der Waals surface area contributed by atoms with E-state index in [1.807, 2.05) is 36.2 Å². The molecule has 0 radical (unpaired) electrons. The van der Waals surface area contributed by atoms with Gasteiger partial charge in [0.05, 0.1) is 17.7 Å². The Balaban J connectivity index is 2.18. The number of benzene rings is 2. The van der Waals surface area contributed by atoms with Crippen LogP contribution in [0.3, 0.4) is 0 Å². The highest BCUT2D eigenvalue weighted by Gasteiger charge is 2.11. The highest BCUT2D eigenvalue weighted by atomic mass is 35.5. The van der Waals surface area contributed by atoms with Crippen molar-refractivity contribution < 1.29 is 14.6 Å². The summed E-state index contributed by atoms with van der Waals surface area (Å²) in [6, 6.07) is 12.7. The number of hydrogen-bond donors (Lipinski definition) is 1. The number of methoxy groups -OCH3 is 1. The number of carboxylic acid groups (broad SMARTS) is 1. The van der Waals surface area contributed by atoms with Crippen molar-refractivity contribution in [1.82, 2.24) is 0 Å². The molecule has 2 aromatic rings. The molecule has 0 aliphatic rings. The molecule has 2 rings (SSSR count). The summed E-state index contributed by atoms with van der Waals surface area (Å²) in [6.45, 7) is 0.667. The van der Waals surface area contributed by atoms with Crippen LogP contribution in [0.15, 0.2) is 42.5 Å². The van der Waals surface area contributed by atoms with E-state index in [1.165, 1.54) is 6.07 Å². The minimum absolute atomic E-state index is 0.107. The SMILES string of the molecule is COc1cccc(CN(C)c2ccc(C(=O)O)c(Cl)c2)c1. The summed E-state index contributed by atoms with van der Waals surface area (Å²) in [7, 11) is 3.55. The molecular weight excluding hydrogens is 290 g/mol. The Kier molecular flexibility index (Phi) is 4.70. The quantitative estimate of drug-likeness (QED) is 0.915. The van der Waals surface area contributed by atoms with E-state index in [2.05, 4.69) is 0 Å². The van der Waals surface area contributed by atoms with Gasteiger partial charge < -0.3 is 14.7 Å². The zero-order chi connectivity index (χ0) is 15.4. The van der Waals surface area contributed by atoms with Crippen LogP contribution in [-0.2, 0) is 6.54 Å². The molecule has 0 aliphatic carbocycles. The van der Waals surface area contributed by atoms with Gasteiger partial charge in [0, 0.05) is 19.3 Å². The Morgan fingerprint density at radius 1 is 1.29 bits per heavy atom. The van der Waals surface area contributed by atoms with Gasteiger partial charge in [-0.2, -0.15) is 0 Å². The number of carboxylic acids is 1. The van der Waals surface area contributed by atoms with E-state index in [0.29, 0.717) is 6.54 Å². The second-order valence-corrected chi connectivity index (χ2v) is 5.08. The molecule has 0 fully saturated rings. The summed E-state index contributed by atoms with van der Waals surface area (Å²) in [4.78, 5) is 12.9. The van der Waals surface area contributed by atoms with Crippen LogP contribution in [0, 0.1) is 0 Å². The van der Waals surface area contributed by atoms with Crippen LogP contribution in [0.25, 0.3) is 0 Å². The molecule has 0 amide bonds. The van der Waals surface area contributed by atoms with Crippen LogP contribution >= 0.6 is 11.6 Å². The largest absolute Gasteiger partial charge is 0.497 e. The van der Waals surface area contributed by atoms with E-state index in [9.17, 15) is 4.79 Å². The van der Waals surface area contributed by atoms with Crippen LogP contribution < -0.4 is 9.64 Å². The van der Waals surface area contributed by atoms with E-state index in [0.717, 1.165) is 17.0 Å². The van der Waals surface area contributed by atoms with Crippen molar-refractivity contribution in [3.8, 4) is 5.75 Å². The molecule has 2 aromatic carbocycles. The lowest BCUT2D eigenvalue weighted by Crippen LogP contribution is -2.16. The van der Waals surface area contributed by atoms with Crippen LogP contribution in [0.2, 0.25) is 5.02 Å². The molecule has 110 valence electrons. The van der Waals surface area contributed by atoms with Gasteiger partial charge in [0.2, 0.25) is 0 Å². The molecule has 0 aliphatic heterocycles. The van der Waals surface area contributed by atoms with E-state index in [4.69, 9.17) is 21.4 Å². The highest BCUT2D eigenvalue weighted by molar-refractivity contribution is 6.33. The second-order valence-electron chi connectivity index (χ2n) is 4.68. The number of halogens is 1. The Morgan fingerprint density at radius 2 is 2.05 bits per heavy atom. The zero-order valence-electron chi connectivity index (χ0n) is 11.8. The van der Waals surface area contributed by atoms with E-state index in [-0.39, 0.29) is 10.6 Å². The second kappa shape index (κ2) is 6.50. The molecule has 0 spiro atoms. The monoisotopic (exact) mass is 305 g/mol. The number of anilines is 1. The van der Waals surface area contributed by atoms with Gasteiger partial charge in [0.25, 0.3) is 0 Å². The zero-order valence-corrected chi connectivity index (χ0v) is 12.6. The van der Waals surface area contributed by atoms with E-state index in [1.54, 1.807) is 19.2 Å². The van der Waals surface area contributed by atoms with Crippen molar-refractivity contribution in [3.05, 3.63) is 58.6 Å². The molecule has 0 saturated heterocycles. The highest BCUT2D eigenvalue weighted by Crippen LogP contribution is 2.24. The van der Waals surface area contributed by atoms with Crippen LogP contribution in [0.1, 0.15) is 15.9 Å². The number of ether oxygens (including phenoxy) is 1. The average Bonchev–Trinajstić information content (AvgIpc) is 2.46. The third kappa shape index (κ3) is 3.67. The maximum absolute atomic E-state index is 11.0. The predicted octanol–water partition coefficient (Wildman–Crippen LogP) is 3.68. The summed E-state index contributed by atoms with van der Waals surface area (Å²) in [6.07, 6.45) is 0. The van der Waals surface area contributed by atoms with Gasteiger partial charge in [-0.05, 0) is 35.9 Å². The molecule has 1 N–H and O–H groups in total. The molecule has 0 saturated carbocycles. The summed E-state index contributed by atoms with van der Waals surface area (Å²) in [5.41, 5.74) is 2.05. The Bertz CT molecular complexity index is 658. The lowest BCUT2D eigenvalue weighted by molar-refractivity contribution is 0.0697. The number of carbonyl (C=O) groups is 1. The molecular formula is C16H16ClNO3. The first-order chi connectivity index (χ1) is 10.0. The van der Waals surface area contributed by atoms with Crippen molar-refractivity contribution in [1.29, 1.82) is 0 Å². The average molecular weight is 306 g/mol. The van der Waals surface area contributed by atoms with Gasteiger partial charge in [-0.1, -0.05) is 23.7 Å². The van der Waals surface area contributed by atoms with Crippen molar-refractivity contribution in [2.45, 2.75) is 6.54 Å². The van der Waals surface area contributed by atoms with Crippen molar-refractivity contribution >= 4 is 23.3 Å². The minimum Gasteiger partial charge on any atom is -0.497 e. The standard InChI is InChI=1S/C16H16ClNO3/c1-18(10-11-4-3-5-13(8-11)21-2)12-6-7-14(16(19)20)15(17)9-12/h3-9H,10H2,1-2H3,(H,19,20). The Labute approximate surface area is 128 Å². The van der Waals surface area contributed by atoms with Crippen molar-refractivity contribution in [2.75, 3.05) is 19.1 Å². The van der Waals surface area contributed by atoms with Gasteiger partial charge in [-0.3, -0.25) is 0 Å². The van der Waals surface area contributed by atoms with E-state index >= 15 is 0 Å². The number of hydrogen-bond acceptors (Lipinski definition) is 3. The third-order valence-electron chi connectivity index (χ3n) is 3.18. The van der Waals surface area contributed by atoms with Crippen molar-refractivity contribution in [2.24, 2.45) is 0 Å². The van der Waals surface area contributed by atoms with Crippen LogP contribution in [0.4, 0.5) is 5.69 Å². The summed E-state index contributed by atoms with van der Waals surface area (Å²) in [5.74, 6) is -0.220. The fourth-order valence-corrected chi connectivity index (χ4v) is 2.31. The number of nitrogens with zero attached hydrogens (tertiary/aromatic N) is 1. The molecule has 0 atom stereocenters. The fraction of sp³-hybridized carbons (Fsp3) is 0.188. The smallest absolute Gasteiger partial charge is 0.337 e. The molecule has 0 heterocycles. The van der Waals surface area contributed by atoms with Gasteiger partial charge in [0.1, 0.15) is 5.75 Å². The lowest BCUT2D eigenvalue weighted by atomic mass is 10.1. The van der Waals surface area contributed by atoms with Gasteiger partial charge in [-0.25, -0.2) is 4.79 Å². The fourth-order valence-electron chi connectivity index (χ4n) is 2.05. The lowest BCUT2D eigenvalue weighted by Gasteiger charge is -2.20. The molecule has 0 aromatic heterocycles. The van der Waals surface area contributed by atoms with Crippen LogP contribution in [-0.4, -0.2) is 25.2 Å². The first-order valence-electron chi connectivity index (χ1n) is 6.38. The van der Waals surface area contributed by atoms with Gasteiger partial charge in [0.15, 0.2) is 0 Å². The minimum atomic E-state index is -1.03. The molecule has 21 heavy (non-hydrogen) atoms. The number of aromatic carboxylic acids is 1. The topological polar surface area (TPSA) is 49.8 Å². The maximum Gasteiger partial charge on any atom is 0.337 e. The first-order valence-corrected chi connectivity index (χ1v) is 6.76. The summed E-state index contributed by atoms with van der Waals surface area (Å²) in [5, 5.41) is 9.21. The maximum atomic E-state index is 11.0. The summed E-state index contributed by atoms with van der Waals surface area (Å²) < 4.78 is 5.20. The molecule has 4 nitrogen and oxygen atoms in total. The molecule has 0 bridgehead atoms. The predicted molar refractivity (Wildman–Crippen MR) is 83.5 cm³/mol. The number of rotatable bonds is 5. The van der Waals surface area contributed by atoms with Crippen LogP contribution in [0.5, 0.6) is 5.75 Å². The van der Waals surface area contributed by atoms with Gasteiger partial charge in [-0.15, -0.1) is 0 Å². The molecule has 0 unspecified atom stereocenters. The molecule has 5 heteroatoms.